The van der Waals surface area contributed by atoms with Crippen LogP contribution in [-0.2, 0) is 13.2 Å². The highest BCUT2D eigenvalue weighted by atomic mass is 19.1. The van der Waals surface area contributed by atoms with Gasteiger partial charge in [0.2, 0.25) is 5.88 Å². The van der Waals surface area contributed by atoms with E-state index in [0.717, 1.165) is 12.1 Å². The molecule has 4 rings (SSSR count). The van der Waals surface area contributed by atoms with Gasteiger partial charge in [0.15, 0.2) is 17.4 Å². The number of ether oxygens (including phenoxy) is 2. The lowest BCUT2D eigenvalue weighted by molar-refractivity contribution is 0.289. The molecule has 3 aromatic rings. The number of hydrogen-bond donors (Lipinski definition) is 0. The van der Waals surface area contributed by atoms with Crippen LogP contribution in [0.2, 0.25) is 0 Å². The highest BCUT2D eigenvalue weighted by Crippen LogP contribution is 2.29. The lowest BCUT2D eigenvalue weighted by Gasteiger charge is -2.16. The number of anilines is 1. The quantitative estimate of drug-likeness (QED) is 0.637. The molecule has 0 saturated carbocycles. The topological polar surface area (TPSA) is 69.5 Å². The summed E-state index contributed by atoms with van der Waals surface area (Å²) in [5.41, 5.74) is 0.482. The van der Waals surface area contributed by atoms with E-state index in [1.54, 1.807) is 23.6 Å². The Morgan fingerprint density at radius 3 is 2.63 bits per heavy atom. The standard InChI is InChI=1S/C21H20F2N4O3/c1-12-6-15(4-5-24-12)30-20-16(22)7-14(8-17(20)23)11-29-18-9-19-26(3)13(2)10-27(19)21(28)25-18/h4-9,13H,10-11H2,1-3H3. The Hall–Kier alpha value is -3.49. The molecule has 0 amide bonds. The van der Waals surface area contributed by atoms with Crippen LogP contribution in [0.5, 0.6) is 17.4 Å². The third kappa shape index (κ3) is 3.83. The molecule has 1 atom stereocenters. The molecule has 0 aliphatic carbocycles. The van der Waals surface area contributed by atoms with Crippen LogP contribution in [-0.4, -0.2) is 27.6 Å². The molecule has 30 heavy (non-hydrogen) atoms. The van der Waals surface area contributed by atoms with Crippen molar-refractivity contribution in [2.45, 2.75) is 33.0 Å². The SMILES string of the molecule is Cc1cc(Oc2c(F)cc(COc3cc4n(c(=O)n3)CC(C)N4C)cc2F)ccn1. The summed E-state index contributed by atoms with van der Waals surface area (Å²) >= 11 is 0. The predicted octanol–water partition coefficient (Wildman–Crippen LogP) is 3.43. The summed E-state index contributed by atoms with van der Waals surface area (Å²) in [6.45, 7) is 4.14. The Morgan fingerprint density at radius 2 is 1.93 bits per heavy atom. The number of fused-ring (bicyclic) bond motifs is 1. The van der Waals surface area contributed by atoms with Crippen LogP contribution in [0.4, 0.5) is 14.6 Å². The monoisotopic (exact) mass is 414 g/mol. The minimum atomic E-state index is -0.862. The van der Waals surface area contributed by atoms with Crippen molar-refractivity contribution in [1.29, 1.82) is 0 Å². The van der Waals surface area contributed by atoms with Crippen LogP contribution in [0.15, 0.2) is 41.3 Å². The van der Waals surface area contributed by atoms with Crippen molar-refractivity contribution < 1.29 is 18.3 Å². The molecule has 0 bridgehead atoms. The van der Waals surface area contributed by atoms with E-state index in [1.165, 1.54) is 12.3 Å². The summed E-state index contributed by atoms with van der Waals surface area (Å²) in [6, 6.07) is 7.14. The smallest absolute Gasteiger partial charge is 0.352 e. The number of rotatable bonds is 5. The molecule has 0 N–H and O–H groups in total. The number of pyridine rings is 1. The first-order chi connectivity index (χ1) is 14.3. The van der Waals surface area contributed by atoms with Crippen molar-refractivity contribution in [1.82, 2.24) is 14.5 Å². The van der Waals surface area contributed by atoms with Crippen molar-refractivity contribution in [2.75, 3.05) is 11.9 Å². The highest BCUT2D eigenvalue weighted by Gasteiger charge is 2.25. The fraction of sp³-hybridized carbons (Fsp3) is 0.286. The zero-order chi connectivity index (χ0) is 21.4. The van der Waals surface area contributed by atoms with Crippen molar-refractivity contribution in [3.05, 3.63) is 69.9 Å². The summed E-state index contributed by atoms with van der Waals surface area (Å²) in [5, 5.41) is 0. The molecule has 9 heteroatoms. The van der Waals surface area contributed by atoms with Gasteiger partial charge in [-0.2, -0.15) is 4.98 Å². The fourth-order valence-corrected chi connectivity index (χ4v) is 3.27. The molecule has 0 spiro atoms. The molecular formula is C21H20F2N4O3. The second kappa shape index (κ2) is 7.74. The van der Waals surface area contributed by atoms with E-state index in [4.69, 9.17) is 9.47 Å². The number of halogens is 2. The molecular weight excluding hydrogens is 394 g/mol. The second-order valence-corrected chi connectivity index (χ2v) is 7.22. The maximum absolute atomic E-state index is 14.4. The Balaban J connectivity index is 1.51. The lowest BCUT2D eigenvalue weighted by Crippen LogP contribution is -2.23. The van der Waals surface area contributed by atoms with Crippen LogP contribution in [0.1, 0.15) is 18.2 Å². The molecule has 0 saturated heterocycles. The largest absolute Gasteiger partial charge is 0.473 e. The van der Waals surface area contributed by atoms with Gasteiger partial charge in [0.1, 0.15) is 18.2 Å². The first kappa shape index (κ1) is 19.8. The van der Waals surface area contributed by atoms with Gasteiger partial charge >= 0.3 is 5.69 Å². The lowest BCUT2D eigenvalue weighted by atomic mass is 10.2. The van der Waals surface area contributed by atoms with Gasteiger partial charge in [-0.15, -0.1) is 0 Å². The minimum Gasteiger partial charge on any atom is -0.473 e. The van der Waals surface area contributed by atoms with Gasteiger partial charge in [-0.25, -0.2) is 13.6 Å². The molecule has 2 aromatic heterocycles. The third-order valence-electron chi connectivity index (χ3n) is 4.97. The van der Waals surface area contributed by atoms with Gasteiger partial charge in [0.25, 0.3) is 0 Å². The van der Waals surface area contributed by atoms with Crippen molar-refractivity contribution >= 4 is 5.82 Å². The molecule has 1 aliphatic rings. The minimum absolute atomic E-state index is 0.0978. The molecule has 3 heterocycles. The Bertz CT molecular complexity index is 1140. The predicted molar refractivity (Wildman–Crippen MR) is 106 cm³/mol. The maximum Gasteiger partial charge on any atom is 0.352 e. The zero-order valence-corrected chi connectivity index (χ0v) is 16.7. The van der Waals surface area contributed by atoms with Gasteiger partial charge in [-0.3, -0.25) is 9.55 Å². The number of likely N-dealkylation sites (N-methyl/N-ethyl adjacent to an activating group) is 1. The van der Waals surface area contributed by atoms with Crippen LogP contribution in [0.25, 0.3) is 0 Å². The highest BCUT2D eigenvalue weighted by molar-refractivity contribution is 5.45. The van der Waals surface area contributed by atoms with Gasteiger partial charge in [-0.1, -0.05) is 0 Å². The average molecular weight is 414 g/mol. The van der Waals surface area contributed by atoms with Crippen LogP contribution < -0.4 is 20.1 Å². The van der Waals surface area contributed by atoms with E-state index in [9.17, 15) is 13.6 Å². The molecule has 0 radical (unpaired) electrons. The molecule has 1 aliphatic heterocycles. The van der Waals surface area contributed by atoms with E-state index in [1.807, 2.05) is 18.9 Å². The van der Waals surface area contributed by atoms with Crippen LogP contribution >= 0.6 is 0 Å². The van der Waals surface area contributed by atoms with Gasteiger partial charge < -0.3 is 14.4 Å². The Kier molecular flexibility index (Phi) is 5.11. The van der Waals surface area contributed by atoms with Crippen molar-refractivity contribution in [3.8, 4) is 17.4 Å². The summed E-state index contributed by atoms with van der Waals surface area (Å²) in [4.78, 5) is 22.0. The van der Waals surface area contributed by atoms with E-state index in [-0.39, 0.29) is 29.8 Å². The molecule has 7 nitrogen and oxygen atoms in total. The van der Waals surface area contributed by atoms with Crippen molar-refractivity contribution in [2.24, 2.45) is 0 Å². The van der Waals surface area contributed by atoms with E-state index >= 15 is 0 Å². The number of aryl methyl sites for hydroxylation is 1. The molecule has 0 fully saturated rings. The molecule has 1 unspecified atom stereocenters. The van der Waals surface area contributed by atoms with Crippen LogP contribution in [0, 0.1) is 18.6 Å². The van der Waals surface area contributed by atoms with E-state index in [0.29, 0.717) is 18.1 Å². The average Bonchev–Trinajstić information content (AvgIpc) is 2.98. The van der Waals surface area contributed by atoms with Crippen LogP contribution in [0.3, 0.4) is 0 Å². The molecule has 156 valence electrons. The molecule has 1 aromatic carbocycles. The number of nitrogens with zero attached hydrogens (tertiary/aromatic N) is 4. The Labute approximate surface area is 171 Å². The van der Waals surface area contributed by atoms with E-state index in [2.05, 4.69) is 9.97 Å². The van der Waals surface area contributed by atoms with Gasteiger partial charge in [0, 0.05) is 43.7 Å². The fourth-order valence-electron chi connectivity index (χ4n) is 3.27. The number of aromatic nitrogens is 3. The summed E-state index contributed by atoms with van der Waals surface area (Å²) in [6.07, 6.45) is 1.49. The summed E-state index contributed by atoms with van der Waals surface area (Å²) < 4.78 is 41.3. The van der Waals surface area contributed by atoms with Gasteiger partial charge in [0.05, 0.1) is 0 Å². The van der Waals surface area contributed by atoms with Crippen molar-refractivity contribution in [3.63, 3.8) is 0 Å². The maximum atomic E-state index is 14.4. The first-order valence-corrected chi connectivity index (χ1v) is 9.38. The number of hydrogen-bond acceptors (Lipinski definition) is 6. The van der Waals surface area contributed by atoms with Gasteiger partial charge in [-0.05, 0) is 37.6 Å². The second-order valence-electron chi connectivity index (χ2n) is 7.22. The summed E-state index contributed by atoms with van der Waals surface area (Å²) in [7, 11) is 1.88. The number of benzene rings is 1. The Morgan fingerprint density at radius 1 is 1.20 bits per heavy atom. The first-order valence-electron chi connectivity index (χ1n) is 9.38. The third-order valence-corrected chi connectivity index (χ3v) is 4.97. The van der Waals surface area contributed by atoms with E-state index < -0.39 is 23.1 Å². The zero-order valence-electron chi connectivity index (χ0n) is 16.7. The summed E-state index contributed by atoms with van der Waals surface area (Å²) in [5.74, 6) is -1.16. The normalized spacial score (nSPS) is 15.2.